The fourth-order valence-electron chi connectivity index (χ4n) is 4.67. The van der Waals surface area contributed by atoms with Crippen LogP contribution in [0.25, 0.3) is 10.9 Å². The van der Waals surface area contributed by atoms with Gasteiger partial charge in [-0.05, 0) is 68.0 Å². The third-order valence-corrected chi connectivity index (χ3v) is 7.19. The number of methoxy groups -OCH3 is 1. The number of hydrogen-bond acceptors (Lipinski definition) is 7. The average molecular weight is 569 g/mol. The number of hydrogen-bond donors (Lipinski definition) is 3. The van der Waals surface area contributed by atoms with Crippen molar-refractivity contribution in [3.8, 4) is 23.0 Å². The molecule has 3 N–H and O–H groups in total. The molecule has 1 aromatic heterocycles. The Hall–Kier alpha value is -3.63. The smallest absolute Gasteiger partial charge is 0.319 e. The largest absolute Gasteiger partial charge is 0.493 e. The van der Waals surface area contributed by atoms with E-state index in [1.165, 1.54) is 12.1 Å². The van der Waals surface area contributed by atoms with E-state index in [-0.39, 0.29) is 23.5 Å². The first-order valence-electron chi connectivity index (χ1n) is 14.1. The van der Waals surface area contributed by atoms with E-state index >= 15 is 0 Å². The number of likely N-dealkylation sites (tertiary alicyclic amines) is 1. The number of pyridine rings is 1. The van der Waals surface area contributed by atoms with E-state index in [9.17, 15) is 14.3 Å². The van der Waals surface area contributed by atoms with Gasteiger partial charge < -0.3 is 30.0 Å². The summed E-state index contributed by atoms with van der Waals surface area (Å²) >= 11 is 0. The lowest BCUT2D eigenvalue weighted by molar-refractivity contribution is 0.118. The van der Waals surface area contributed by atoms with Crippen LogP contribution in [0.1, 0.15) is 40.0 Å². The lowest BCUT2D eigenvalue weighted by Crippen LogP contribution is -2.37. The van der Waals surface area contributed by atoms with Gasteiger partial charge in [-0.1, -0.05) is 20.8 Å². The first-order valence-corrected chi connectivity index (χ1v) is 14.1. The van der Waals surface area contributed by atoms with Gasteiger partial charge in [0.05, 0.1) is 18.3 Å². The molecule has 222 valence electrons. The van der Waals surface area contributed by atoms with Gasteiger partial charge >= 0.3 is 6.03 Å². The van der Waals surface area contributed by atoms with E-state index in [4.69, 9.17) is 14.2 Å². The van der Waals surface area contributed by atoms with E-state index in [2.05, 4.69) is 41.3 Å². The molecule has 2 amide bonds. The Bertz CT molecular complexity index is 1320. The summed E-state index contributed by atoms with van der Waals surface area (Å²) in [6, 6.07) is 9.14. The maximum atomic E-state index is 14.8. The zero-order valence-corrected chi connectivity index (χ0v) is 24.3. The Morgan fingerprint density at radius 3 is 2.59 bits per heavy atom. The second kappa shape index (κ2) is 13.8. The van der Waals surface area contributed by atoms with Crippen LogP contribution in [0.15, 0.2) is 42.6 Å². The number of halogens is 1. The predicted molar refractivity (Wildman–Crippen MR) is 158 cm³/mol. The number of fused-ring (bicyclic) bond motifs is 1. The first-order chi connectivity index (χ1) is 19.6. The van der Waals surface area contributed by atoms with Crippen molar-refractivity contribution in [2.24, 2.45) is 11.3 Å². The van der Waals surface area contributed by atoms with E-state index < -0.39 is 11.8 Å². The summed E-state index contributed by atoms with van der Waals surface area (Å²) in [6.07, 6.45) is 4.42. The fourth-order valence-corrected chi connectivity index (χ4v) is 4.67. The Labute approximate surface area is 241 Å². The number of nitrogens with one attached hydrogen (secondary N) is 2. The molecule has 41 heavy (non-hydrogen) atoms. The molecule has 0 bridgehead atoms. The van der Waals surface area contributed by atoms with Crippen molar-refractivity contribution in [1.29, 1.82) is 0 Å². The Morgan fingerprint density at radius 2 is 1.90 bits per heavy atom. The summed E-state index contributed by atoms with van der Waals surface area (Å²) in [6.45, 7) is 10.2. The minimum absolute atomic E-state index is 0.0615. The van der Waals surface area contributed by atoms with Gasteiger partial charge in [-0.2, -0.15) is 0 Å². The predicted octanol–water partition coefficient (Wildman–Crippen LogP) is 5.82. The van der Waals surface area contributed by atoms with E-state index in [0.717, 1.165) is 38.9 Å². The second-order valence-corrected chi connectivity index (χ2v) is 11.6. The summed E-state index contributed by atoms with van der Waals surface area (Å²) in [5.74, 6) is 1.66. The number of aliphatic hydroxyl groups is 1. The molecule has 1 aliphatic rings. The Kier molecular flexibility index (Phi) is 10.2. The highest BCUT2D eigenvalue weighted by atomic mass is 19.1. The molecule has 0 spiro atoms. The van der Waals surface area contributed by atoms with Crippen molar-refractivity contribution in [2.75, 3.05) is 51.8 Å². The number of anilines is 1. The lowest BCUT2D eigenvalue weighted by Gasteiger charge is -2.30. The van der Waals surface area contributed by atoms with Gasteiger partial charge in [-0.15, -0.1) is 0 Å². The molecule has 1 aliphatic heterocycles. The van der Waals surface area contributed by atoms with Gasteiger partial charge in [0.25, 0.3) is 0 Å². The summed E-state index contributed by atoms with van der Waals surface area (Å²) in [7, 11) is 1.57. The molecule has 2 aromatic carbocycles. The summed E-state index contributed by atoms with van der Waals surface area (Å²) < 4.78 is 32.5. The zero-order chi connectivity index (χ0) is 29.4. The molecule has 1 fully saturated rings. The molecule has 3 aromatic rings. The molecule has 10 heteroatoms. The SMILES string of the molecule is COc1cc2c(Oc3ccc(NC(=O)NCCC(C)(C)C)c(F)c3)ccnc2cc1OCCN1CCC(CO)CC1. The second-order valence-electron chi connectivity index (χ2n) is 11.6. The minimum atomic E-state index is -0.610. The molecule has 0 atom stereocenters. The molecule has 0 aliphatic carbocycles. The van der Waals surface area contributed by atoms with E-state index in [1.54, 1.807) is 31.5 Å². The van der Waals surface area contributed by atoms with Crippen LogP contribution in [0.5, 0.6) is 23.0 Å². The number of nitrogens with zero attached hydrogens (tertiary/aromatic N) is 2. The summed E-state index contributed by atoms with van der Waals surface area (Å²) in [4.78, 5) is 19.0. The monoisotopic (exact) mass is 568 g/mol. The molecule has 9 nitrogen and oxygen atoms in total. The number of ether oxygens (including phenoxy) is 3. The van der Waals surface area contributed by atoms with Crippen molar-refractivity contribution in [2.45, 2.75) is 40.0 Å². The van der Waals surface area contributed by atoms with Crippen molar-refractivity contribution in [3.63, 3.8) is 0 Å². The van der Waals surface area contributed by atoms with Crippen LogP contribution in [0.2, 0.25) is 0 Å². The molecule has 0 radical (unpaired) electrons. The van der Waals surface area contributed by atoms with Crippen molar-refractivity contribution < 1.29 is 28.5 Å². The van der Waals surface area contributed by atoms with Crippen LogP contribution in [0.3, 0.4) is 0 Å². The first kappa shape index (κ1) is 30.3. The summed E-state index contributed by atoms with van der Waals surface area (Å²) in [5.41, 5.74) is 0.797. The lowest BCUT2D eigenvalue weighted by atomic mass is 9.92. The van der Waals surface area contributed by atoms with Gasteiger partial charge in [-0.3, -0.25) is 9.88 Å². The van der Waals surface area contributed by atoms with Gasteiger partial charge in [-0.25, -0.2) is 9.18 Å². The topological polar surface area (TPSA) is 105 Å². The van der Waals surface area contributed by atoms with Crippen molar-refractivity contribution in [1.82, 2.24) is 15.2 Å². The maximum absolute atomic E-state index is 14.8. The van der Waals surface area contributed by atoms with Gasteiger partial charge in [0, 0.05) is 43.4 Å². The molecule has 2 heterocycles. The third kappa shape index (κ3) is 8.68. The number of carbonyl (C=O) groups excluding carboxylic acids is 1. The summed E-state index contributed by atoms with van der Waals surface area (Å²) in [5, 5.41) is 15.3. The number of carbonyl (C=O) groups is 1. The normalized spacial score (nSPS) is 14.6. The number of aliphatic hydroxyl groups excluding tert-OH is 1. The number of aromatic nitrogens is 1. The maximum Gasteiger partial charge on any atom is 0.319 e. The number of rotatable bonds is 11. The number of amides is 2. The fraction of sp³-hybridized carbons (Fsp3) is 0.484. The van der Waals surface area contributed by atoms with Crippen molar-refractivity contribution in [3.05, 3.63) is 48.4 Å². The standard InChI is InChI=1S/C31H41FN4O5/c1-31(2,3)10-12-34-30(38)35-25-6-5-22(17-24(25)32)41-27-7-11-33-26-19-29(28(39-4)18-23(26)27)40-16-15-36-13-8-21(20-37)9-14-36/h5-7,11,17-19,21,37H,8-10,12-16,20H2,1-4H3,(H2,34,35,38). The molecule has 0 unspecified atom stereocenters. The number of benzene rings is 2. The molecular formula is C31H41FN4O5. The van der Waals surface area contributed by atoms with Gasteiger partial charge in [0.1, 0.15) is 23.9 Å². The van der Waals surface area contributed by atoms with Crippen LogP contribution >= 0.6 is 0 Å². The van der Waals surface area contributed by atoms with Crippen LogP contribution in [0.4, 0.5) is 14.9 Å². The minimum Gasteiger partial charge on any atom is -0.493 e. The van der Waals surface area contributed by atoms with Crippen LogP contribution in [-0.2, 0) is 0 Å². The van der Waals surface area contributed by atoms with Crippen molar-refractivity contribution >= 4 is 22.6 Å². The Balaban J connectivity index is 1.39. The molecule has 4 rings (SSSR count). The van der Waals surface area contributed by atoms with E-state index in [1.807, 2.05) is 6.07 Å². The van der Waals surface area contributed by atoms with Crippen LogP contribution in [0, 0.1) is 17.2 Å². The van der Waals surface area contributed by atoms with Gasteiger partial charge in [0.2, 0.25) is 0 Å². The van der Waals surface area contributed by atoms with E-state index in [0.29, 0.717) is 47.2 Å². The van der Waals surface area contributed by atoms with Crippen LogP contribution in [-0.4, -0.2) is 67.5 Å². The average Bonchev–Trinajstić information content (AvgIpc) is 2.94. The van der Waals surface area contributed by atoms with Crippen LogP contribution < -0.4 is 24.8 Å². The quantitative estimate of drug-likeness (QED) is 0.268. The Morgan fingerprint density at radius 1 is 1.12 bits per heavy atom. The third-order valence-electron chi connectivity index (χ3n) is 7.19. The highest BCUT2D eigenvalue weighted by Crippen LogP contribution is 2.37. The number of urea groups is 1. The molecule has 0 saturated carbocycles. The highest BCUT2D eigenvalue weighted by Gasteiger charge is 2.19. The molecular weight excluding hydrogens is 527 g/mol. The highest BCUT2D eigenvalue weighted by molar-refractivity contribution is 5.90. The number of piperidine rings is 1. The molecule has 1 saturated heterocycles. The zero-order valence-electron chi connectivity index (χ0n) is 24.3. The van der Waals surface area contributed by atoms with Gasteiger partial charge in [0.15, 0.2) is 11.5 Å².